The molecule has 1 aliphatic rings. The van der Waals surface area contributed by atoms with E-state index in [0.717, 1.165) is 41.4 Å². The van der Waals surface area contributed by atoms with E-state index in [2.05, 4.69) is 4.98 Å². The number of non-ortho nitro benzene ring substituents is 1. The molecular weight excluding hydrogens is 218 g/mol. The normalized spacial score (nSPS) is 19.2. The fraction of sp³-hybridized carbons (Fsp3) is 0.333. The molecule has 0 spiro atoms. The standard InChI is InChI=1S/C12H13N3O2/c13-10-3-1-2-8-9-6-7(15(16)17)4-5-11(9)14-12(8)10/h4-6,10,14H,1-3,13H2/t10-/m0/s1. The first-order chi connectivity index (χ1) is 8.16. The maximum Gasteiger partial charge on any atom is 0.270 e. The highest BCUT2D eigenvalue weighted by Gasteiger charge is 2.22. The predicted molar refractivity (Wildman–Crippen MR) is 64.8 cm³/mol. The lowest BCUT2D eigenvalue weighted by Gasteiger charge is -2.18. The molecule has 3 rings (SSSR count). The number of nitrogens with zero attached hydrogens (tertiary/aromatic N) is 1. The summed E-state index contributed by atoms with van der Waals surface area (Å²) in [7, 11) is 0. The zero-order valence-electron chi connectivity index (χ0n) is 9.27. The molecule has 0 saturated carbocycles. The topological polar surface area (TPSA) is 85.0 Å². The summed E-state index contributed by atoms with van der Waals surface area (Å²) in [5.74, 6) is 0. The van der Waals surface area contributed by atoms with Crippen molar-refractivity contribution >= 4 is 16.6 Å². The second-order valence-electron chi connectivity index (χ2n) is 4.50. The van der Waals surface area contributed by atoms with Crippen molar-refractivity contribution in [3.05, 3.63) is 39.6 Å². The molecule has 5 heteroatoms. The van der Waals surface area contributed by atoms with Crippen LogP contribution in [-0.4, -0.2) is 9.91 Å². The molecule has 88 valence electrons. The number of nitro groups is 1. The molecule has 1 heterocycles. The largest absolute Gasteiger partial charge is 0.357 e. The van der Waals surface area contributed by atoms with E-state index in [1.165, 1.54) is 6.07 Å². The highest BCUT2D eigenvalue weighted by atomic mass is 16.6. The summed E-state index contributed by atoms with van der Waals surface area (Å²) in [6.07, 6.45) is 2.97. The fourth-order valence-electron chi connectivity index (χ4n) is 2.60. The monoisotopic (exact) mass is 231 g/mol. The quantitative estimate of drug-likeness (QED) is 0.583. The Balaban J connectivity index is 2.25. The molecule has 0 unspecified atom stereocenters. The van der Waals surface area contributed by atoms with Crippen LogP contribution in [0, 0.1) is 10.1 Å². The maximum absolute atomic E-state index is 10.8. The molecule has 1 atom stereocenters. The smallest absolute Gasteiger partial charge is 0.270 e. The SMILES string of the molecule is N[C@H]1CCCc2c1[nH]c1ccc([N+](=O)[O-])cc21. The number of fused-ring (bicyclic) bond motifs is 3. The van der Waals surface area contributed by atoms with Crippen LogP contribution in [0.4, 0.5) is 5.69 Å². The zero-order chi connectivity index (χ0) is 12.0. The van der Waals surface area contributed by atoms with Gasteiger partial charge in [0.25, 0.3) is 5.69 Å². The Bertz CT molecular complexity index is 603. The second kappa shape index (κ2) is 3.56. The molecule has 0 bridgehead atoms. The van der Waals surface area contributed by atoms with E-state index in [1.54, 1.807) is 12.1 Å². The molecule has 17 heavy (non-hydrogen) atoms. The number of nitro benzene ring substituents is 1. The number of hydrogen-bond donors (Lipinski definition) is 2. The highest BCUT2D eigenvalue weighted by Crippen LogP contribution is 2.34. The minimum Gasteiger partial charge on any atom is -0.357 e. The van der Waals surface area contributed by atoms with Gasteiger partial charge in [0, 0.05) is 34.8 Å². The summed E-state index contributed by atoms with van der Waals surface area (Å²) in [6.45, 7) is 0. The van der Waals surface area contributed by atoms with Crippen LogP contribution in [0.5, 0.6) is 0 Å². The van der Waals surface area contributed by atoms with Crippen LogP contribution in [-0.2, 0) is 6.42 Å². The molecule has 5 nitrogen and oxygen atoms in total. The fourth-order valence-corrected chi connectivity index (χ4v) is 2.60. The van der Waals surface area contributed by atoms with Gasteiger partial charge in [0.15, 0.2) is 0 Å². The van der Waals surface area contributed by atoms with E-state index in [-0.39, 0.29) is 16.7 Å². The minimum absolute atomic E-state index is 0.0326. The van der Waals surface area contributed by atoms with E-state index in [4.69, 9.17) is 5.73 Å². The van der Waals surface area contributed by atoms with E-state index in [0.29, 0.717) is 0 Å². The number of nitrogens with one attached hydrogen (secondary N) is 1. The van der Waals surface area contributed by atoms with Crippen LogP contribution in [0.15, 0.2) is 18.2 Å². The lowest BCUT2D eigenvalue weighted by molar-refractivity contribution is -0.384. The maximum atomic E-state index is 10.8. The van der Waals surface area contributed by atoms with Crippen molar-refractivity contribution in [2.45, 2.75) is 25.3 Å². The number of aromatic nitrogens is 1. The molecule has 0 radical (unpaired) electrons. The average Bonchev–Trinajstić information content (AvgIpc) is 2.68. The molecule has 1 aromatic carbocycles. The van der Waals surface area contributed by atoms with E-state index in [9.17, 15) is 10.1 Å². The van der Waals surface area contributed by atoms with E-state index in [1.807, 2.05) is 0 Å². The van der Waals surface area contributed by atoms with Crippen LogP contribution in [0.2, 0.25) is 0 Å². The van der Waals surface area contributed by atoms with Gasteiger partial charge in [-0.3, -0.25) is 10.1 Å². The van der Waals surface area contributed by atoms with Gasteiger partial charge in [0.2, 0.25) is 0 Å². The molecule has 0 saturated heterocycles. The summed E-state index contributed by atoms with van der Waals surface area (Å²) in [6, 6.07) is 4.96. The van der Waals surface area contributed by atoms with Gasteiger partial charge in [-0.25, -0.2) is 0 Å². The molecule has 0 fully saturated rings. The van der Waals surface area contributed by atoms with Gasteiger partial charge >= 0.3 is 0 Å². The van der Waals surface area contributed by atoms with Gasteiger partial charge in [-0.1, -0.05) is 0 Å². The Labute approximate surface area is 97.8 Å². The number of nitrogens with two attached hydrogens (primary N) is 1. The summed E-state index contributed by atoms with van der Waals surface area (Å²) in [4.78, 5) is 13.7. The molecule has 0 amide bonds. The zero-order valence-corrected chi connectivity index (χ0v) is 9.27. The minimum atomic E-state index is -0.360. The number of benzene rings is 1. The van der Waals surface area contributed by atoms with E-state index >= 15 is 0 Å². The number of aryl methyl sites for hydroxylation is 1. The third-order valence-electron chi connectivity index (χ3n) is 3.45. The van der Waals surface area contributed by atoms with Crippen molar-refractivity contribution < 1.29 is 4.92 Å². The van der Waals surface area contributed by atoms with Crippen molar-refractivity contribution in [3.63, 3.8) is 0 Å². The van der Waals surface area contributed by atoms with Crippen molar-refractivity contribution in [3.8, 4) is 0 Å². The van der Waals surface area contributed by atoms with Crippen molar-refractivity contribution in [2.24, 2.45) is 5.73 Å². The Morgan fingerprint density at radius 1 is 1.47 bits per heavy atom. The molecule has 3 N–H and O–H groups in total. The lowest BCUT2D eigenvalue weighted by atomic mass is 9.92. The number of H-pyrrole nitrogens is 1. The summed E-state index contributed by atoms with van der Waals surface area (Å²) in [5, 5.41) is 11.7. The summed E-state index contributed by atoms with van der Waals surface area (Å²) >= 11 is 0. The first kappa shape index (κ1) is 10.3. The average molecular weight is 231 g/mol. The van der Waals surface area contributed by atoms with Crippen LogP contribution < -0.4 is 5.73 Å². The van der Waals surface area contributed by atoms with Crippen LogP contribution in [0.3, 0.4) is 0 Å². The Kier molecular flexibility index (Phi) is 2.16. The van der Waals surface area contributed by atoms with Gasteiger partial charge in [0.1, 0.15) is 0 Å². The van der Waals surface area contributed by atoms with Gasteiger partial charge < -0.3 is 10.7 Å². The molecule has 2 aromatic rings. The van der Waals surface area contributed by atoms with Gasteiger partial charge in [-0.2, -0.15) is 0 Å². The van der Waals surface area contributed by atoms with Crippen molar-refractivity contribution in [2.75, 3.05) is 0 Å². The first-order valence-corrected chi connectivity index (χ1v) is 5.71. The predicted octanol–water partition coefficient (Wildman–Crippen LogP) is 2.41. The Morgan fingerprint density at radius 3 is 3.06 bits per heavy atom. The highest BCUT2D eigenvalue weighted by molar-refractivity contribution is 5.87. The first-order valence-electron chi connectivity index (χ1n) is 5.71. The number of rotatable bonds is 1. The third-order valence-corrected chi connectivity index (χ3v) is 3.45. The number of aromatic amines is 1. The van der Waals surface area contributed by atoms with Gasteiger partial charge in [-0.15, -0.1) is 0 Å². The van der Waals surface area contributed by atoms with Crippen LogP contribution in [0.1, 0.15) is 30.1 Å². The lowest BCUT2D eigenvalue weighted by Crippen LogP contribution is -2.16. The third kappa shape index (κ3) is 1.51. The summed E-state index contributed by atoms with van der Waals surface area (Å²) in [5.41, 5.74) is 9.33. The summed E-state index contributed by atoms with van der Waals surface area (Å²) < 4.78 is 0. The molecule has 1 aliphatic carbocycles. The molecule has 1 aromatic heterocycles. The van der Waals surface area contributed by atoms with Crippen molar-refractivity contribution in [1.29, 1.82) is 0 Å². The van der Waals surface area contributed by atoms with E-state index < -0.39 is 0 Å². The molecule has 0 aliphatic heterocycles. The van der Waals surface area contributed by atoms with Crippen LogP contribution >= 0.6 is 0 Å². The second-order valence-corrected chi connectivity index (χ2v) is 4.50. The Morgan fingerprint density at radius 2 is 2.29 bits per heavy atom. The van der Waals surface area contributed by atoms with Gasteiger partial charge in [-0.05, 0) is 30.9 Å². The Hall–Kier alpha value is -1.88. The molecular formula is C12H13N3O2. The number of hydrogen-bond acceptors (Lipinski definition) is 3. The van der Waals surface area contributed by atoms with Crippen molar-refractivity contribution in [1.82, 2.24) is 4.98 Å². The van der Waals surface area contributed by atoms with Crippen LogP contribution in [0.25, 0.3) is 10.9 Å². The van der Waals surface area contributed by atoms with Gasteiger partial charge in [0.05, 0.1) is 4.92 Å².